The average molecular weight is 419 g/mol. The van der Waals surface area contributed by atoms with Gasteiger partial charge in [-0.1, -0.05) is 59.8 Å². The van der Waals surface area contributed by atoms with Gasteiger partial charge in [-0.05, 0) is 26.3 Å². The molecular weight excluding hydrogens is 397 g/mol. The van der Waals surface area contributed by atoms with E-state index in [0.717, 1.165) is 5.56 Å². The van der Waals surface area contributed by atoms with Crippen LogP contribution in [-0.2, 0) is 20.9 Å². The smallest absolute Gasteiger partial charge is 0.408 e. The summed E-state index contributed by atoms with van der Waals surface area (Å²) in [5, 5.41) is 2.57. The van der Waals surface area contributed by atoms with Crippen LogP contribution in [0.4, 0.5) is 4.79 Å². The molecule has 5 nitrogen and oxygen atoms in total. The Hall–Kier alpha value is -1.31. The van der Waals surface area contributed by atoms with E-state index in [9.17, 15) is 9.59 Å². The Morgan fingerprint density at radius 2 is 1.82 bits per heavy atom. The molecule has 6 heteroatoms. The van der Waals surface area contributed by atoms with Crippen LogP contribution < -0.4 is 5.32 Å². The number of carbonyl (C=O) groups is 2. The standard InChI is InChI=1S/C16H22INO4/c1-11(17)13(14(19)22-16(2,3)4)18-15(20)21-10-12-8-6-5-7-9-12/h5-9,11,13H,10H2,1-4H3,(H,18,20)/t11-,13-/m0/s1. The largest absolute Gasteiger partial charge is 0.458 e. The first kappa shape index (κ1) is 18.7. The summed E-state index contributed by atoms with van der Waals surface area (Å²) in [6.45, 7) is 7.34. The minimum absolute atomic E-state index is 0.128. The van der Waals surface area contributed by atoms with E-state index in [0.29, 0.717) is 0 Å². The van der Waals surface area contributed by atoms with Crippen molar-refractivity contribution in [2.24, 2.45) is 0 Å². The number of alkyl carbamates (subject to hydrolysis) is 1. The van der Waals surface area contributed by atoms with E-state index in [-0.39, 0.29) is 10.5 Å². The Morgan fingerprint density at radius 1 is 1.23 bits per heavy atom. The van der Waals surface area contributed by atoms with Crippen molar-refractivity contribution >= 4 is 34.7 Å². The zero-order chi connectivity index (χ0) is 16.8. The first-order valence-electron chi connectivity index (χ1n) is 7.03. The van der Waals surface area contributed by atoms with Gasteiger partial charge in [0.05, 0.1) is 0 Å². The fourth-order valence-electron chi connectivity index (χ4n) is 1.62. The molecule has 0 aromatic heterocycles. The second-order valence-electron chi connectivity index (χ2n) is 5.89. The van der Waals surface area contributed by atoms with E-state index < -0.39 is 23.7 Å². The fraction of sp³-hybridized carbons (Fsp3) is 0.500. The number of rotatable bonds is 5. The topological polar surface area (TPSA) is 64.6 Å². The molecule has 0 aliphatic rings. The predicted octanol–water partition coefficient (Wildman–Crippen LogP) is 3.45. The molecular formula is C16H22INO4. The zero-order valence-electron chi connectivity index (χ0n) is 13.3. The van der Waals surface area contributed by atoms with Gasteiger partial charge in [-0.2, -0.15) is 0 Å². The molecule has 122 valence electrons. The van der Waals surface area contributed by atoms with Crippen molar-refractivity contribution in [3.8, 4) is 0 Å². The monoisotopic (exact) mass is 419 g/mol. The minimum Gasteiger partial charge on any atom is -0.458 e. The molecule has 0 heterocycles. The second-order valence-corrected chi connectivity index (χ2v) is 7.86. The van der Waals surface area contributed by atoms with Crippen molar-refractivity contribution in [2.75, 3.05) is 0 Å². The summed E-state index contributed by atoms with van der Waals surface area (Å²) < 4.78 is 10.3. The van der Waals surface area contributed by atoms with Crippen molar-refractivity contribution in [1.82, 2.24) is 5.32 Å². The van der Waals surface area contributed by atoms with E-state index in [1.807, 2.05) is 37.3 Å². The number of hydrogen-bond acceptors (Lipinski definition) is 4. The van der Waals surface area contributed by atoms with Gasteiger partial charge in [-0.15, -0.1) is 0 Å². The molecule has 0 saturated carbocycles. The normalized spacial score (nSPS) is 13.9. The van der Waals surface area contributed by atoms with Gasteiger partial charge in [-0.3, -0.25) is 0 Å². The van der Waals surface area contributed by atoms with E-state index in [1.54, 1.807) is 20.8 Å². The van der Waals surface area contributed by atoms with Gasteiger partial charge in [0.15, 0.2) is 0 Å². The van der Waals surface area contributed by atoms with E-state index in [4.69, 9.17) is 9.47 Å². The molecule has 0 saturated heterocycles. The number of benzene rings is 1. The van der Waals surface area contributed by atoms with Gasteiger partial charge >= 0.3 is 12.1 Å². The SMILES string of the molecule is C[C@H](I)[C@H](NC(=O)OCc1ccccc1)C(=O)OC(C)(C)C. The van der Waals surface area contributed by atoms with Crippen LogP contribution in [0.15, 0.2) is 30.3 Å². The molecule has 0 unspecified atom stereocenters. The molecule has 1 aromatic carbocycles. The lowest BCUT2D eigenvalue weighted by Crippen LogP contribution is -2.48. The molecule has 22 heavy (non-hydrogen) atoms. The third-order valence-corrected chi connectivity index (χ3v) is 3.33. The quantitative estimate of drug-likeness (QED) is 0.451. The molecule has 0 radical (unpaired) electrons. The number of ether oxygens (including phenoxy) is 2. The van der Waals surface area contributed by atoms with Crippen LogP contribution in [0.1, 0.15) is 33.3 Å². The summed E-state index contributed by atoms with van der Waals surface area (Å²) in [4.78, 5) is 24.0. The lowest BCUT2D eigenvalue weighted by Gasteiger charge is -2.25. The Balaban J connectivity index is 2.55. The summed E-state index contributed by atoms with van der Waals surface area (Å²) >= 11 is 2.07. The molecule has 1 amide bonds. The molecule has 1 rings (SSSR count). The minimum atomic E-state index is -0.747. The number of alkyl halides is 1. The van der Waals surface area contributed by atoms with Crippen LogP contribution in [0.2, 0.25) is 0 Å². The second kappa shape index (κ2) is 8.36. The van der Waals surface area contributed by atoms with Gasteiger partial charge in [0.25, 0.3) is 0 Å². The molecule has 0 bridgehead atoms. The maximum absolute atomic E-state index is 12.1. The number of carbonyl (C=O) groups excluding carboxylic acids is 2. The van der Waals surface area contributed by atoms with Crippen LogP contribution in [0.25, 0.3) is 0 Å². The summed E-state index contributed by atoms with van der Waals surface area (Å²) in [6, 6.07) is 8.60. The van der Waals surface area contributed by atoms with Gasteiger partial charge < -0.3 is 14.8 Å². The van der Waals surface area contributed by atoms with E-state index >= 15 is 0 Å². The summed E-state index contributed by atoms with van der Waals surface area (Å²) in [6.07, 6.45) is -0.636. The lowest BCUT2D eigenvalue weighted by molar-refractivity contribution is -0.157. The molecule has 0 aliphatic carbocycles. The Kier molecular flexibility index (Phi) is 7.12. The van der Waals surface area contributed by atoms with Crippen LogP contribution in [-0.4, -0.2) is 27.6 Å². The van der Waals surface area contributed by atoms with Crippen molar-refractivity contribution < 1.29 is 19.1 Å². The Bertz CT molecular complexity index is 497. The molecule has 0 spiro atoms. The highest BCUT2D eigenvalue weighted by atomic mass is 127. The predicted molar refractivity (Wildman–Crippen MR) is 92.9 cm³/mol. The average Bonchev–Trinajstić information content (AvgIpc) is 2.41. The number of nitrogens with one attached hydrogen (secondary N) is 1. The highest BCUT2D eigenvalue weighted by Crippen LogP contribution is 2.14. The molecule has 1 aromatic rings. The highest BCUT2D eigenvalue weighted by Gasteiger charge is 2.30. The van der Waals surface area contributed by atoms with Crippen LogP contribution >= 0.6 is 22.6 Å². The molecule has 2 atom stereocenters. The van der Waals surface area contributed by atoms with Crippen molar-refractivity contribution in [1.29, 1.82) is 0 Å². The van der Waals surface area contributed by atoms with Gasteiger partial charge in [0, 0.05) is 3.92 Å². The summed E-state index contributed by atoms with van der Waals surface area (Å²) in [5.74, 6) is -0.467. The first-order valence-corrected chi connectivity index (χ1v) is 8.28. The summed E-state index contributed by atoms with van der Waals surface area (Å²) in [7, 11) is 0. The maximum atomic E-state index is 12.1. The van der Waals surface area contributed by atoms with Gasteiger partial charge in [-0.25, -0.2) is 9.59 Å². The zero-order valence-corrected chi connectivity index (χ0v) is 15.4. The first-order chi connectivity index (χ1) is 10.2. The van der Waals surface area contributed by atoms with Crippen molar-refractivity contribution in [2.45, 2.75) is 49.9 Å². The number of halogens is 1. The Morgan fingerprint density at radius 3 is 2.32 bits per heavy atom. The number of esters is 1. The summed E-state index contributed by atoms with van der Waals surface area (Å²) in [5.41, 5.74) is 0.283. The third kappa shape index (κ3) is 7.11. The van der Waals surface area contributed by atoms with Crippen molar-refractivity contribution in [3.63, 3.8) is 0 Å². The molecule has 0 aliphatic heterocycles. The van der Waals surface area contributed by atoms with Crippen LogP contribution in [0.3, 0.4) is 0 Å². The third-order valence-electron chi connectivity index (χ3n) is 2.61. The number of amides is 1. The van der Waals surface area contributed by atoms with Gasteiger partial charge in [0.1, 0.15) is 18.2 Å². The van der Waals surface area contributed by atoms with E-state index in [2.05, 4.69) is 27.9 Å². The highest BCUT2D eigenvalue weighted by molar-refractivity contribution is 14.1. The number of hydrogen-bond donors (Lipinski definition) is 1. The van der Waals surface area contributed by atoms with Crippen molar-refractivity contribution in [3.05, 3.63) is 35.9 Å². The van der Waals surface area contributed by atoms with E-state index in [1.165, 1.54) is 0 Å². The van der Waals surface area contributed by atoms with Gasteiger partial charge in [0.2, 0.25) is 0 Å². The molecule has 1 N–H and O–H groups in total. The molecule has 0 fully saturated rings. The fourth-order valence-corrected chi connectivity index (χ4v) is 2.09. The van der Waals surface area contributed by atoms with Crippen LogP contribution in [0.5, 0.6) is 0 Å². The Labute approximate surface area is 144 Å². The van der Waals surface area contributed by atoms with Crippen LogP contribution in [0, 0.1) is 0 Å². The lowest BCUT2D eigenvalue weighted by atomic mass is 10.1. The maximum Gasteiger partial charge on any atom is 0.408 e.